The molecular weight excluding hydrogens is 277 g/mol. The lowest BCUT2D eigenvalue weighted by Crippen LogP contribution is -2.34. The van der Waals surface area contributed by atoms with Gasteiger partial charge >= 0.3 is 0 Å². The summed E-state index contributed by atoms with van der Waals surface area (Å²) in [7, 11) is -3.63. The monoisotopic (exact) mass is 293 g/mol. The van der Waals surface area contributed by atoms with Gasteiger partial charge in [0.2, 0.25) is 10.0 Å². The first-order valence-corrected chi connectivity index (χ1v) is 7.57. The van der Waals surface area contributed by atoms with Gasteiger partial charge < -0.3 is 0 Å². The lowest BCUT2D eigenvalue weighted by Gasteiger charge is -2.16. The molecule has 3 nitrogen and oxygen atoms in total. The summed E-state index contributed by atoms with van der Waals surface area (Å²) in [6, 6.07) is 3.33. The lowest BCUT2D eigenvalue weighted by atomic mass is 10.2. The average Bonchev–Trinajstić information content (AvgIpc) is 2.13. The Morgan fingerprint density at radius 2 is 2.00 bits per heavy atom. The van der Waals surface area contributed by atoms with Gasteiger partial charge in [0.15, 0.2) is 0 Å². The van der Waals surface area contributed by atoms with Crippen molar-refractivity contribution in [2.45, 2.75) is 43.5 Å². The van der Waals surface area contributed by atoms with Crippen LogP contribution in [0.25, 0.3) is 0 Å². The molecule has 0 aliphatic rings. The number of benzene rings is 1. The summed E-state index contributed by atoms with van der Waals surface area (Å²) in [6.45, 7) is 5.11. The molecule has 0 spiro atoms. The predicted octanol–water partition coefficient (Wildman–Crippen LogP) is 2.82. The van der Waals surface area contributed by atoms with Crippen LogP contribution in [0.1, 0.15) is 25.8 Å². The minimum Gasteiger partial charge on any atom is -0.208 e. The molecule has 2 unspecified atom stereocenters. The molecule has 0 amide bonds. The van der Waals surface area contributed by atoms with E-state index in [0.29, 0.717) is 12.0 Å². The van der Waals surface area contributed by atoms with E-state index in [-0.39, 0.29) is 16.3 Å². The van der Waals surface area contributed by atoms with Crippen molar-refractivity contribution in [3.05, 3.63) is 29.6 Å². The van der Waals surface area contributed by atoms with Crippen molar-refractivity contribution in [3.8, 4) is 0 Å². The number of nitrogens with one attached hydrogen (secondary N) is 1. The highest BCUT2D eigenvalue weighted by molar-refractivity contribution is 7.89. The minimum atomic E-state index is -3.63. The number of alkyl halides is 1. The van der Waals surface area contributed by atoms with Crippen molar-refractivity contribution in [3.63, 3.8) is 0 Å². The SMILES string of the molecule is Cc1cc(F)ccc1S(=O)(=O)NC(C)CC(C)Cl. The Hall–Kier alpha value is -0.650. The van der Waals surface area contributed by atoms with Crippen LogP contribution in [0.3, 0.4) is 0 Å². The van der Waals surface area contributed by atoms with Crippen LogP contribution in [0, 0.1) is 12.7 Å². The van der Waals surface area contributed by atoms with Crippen molar-refractivity contribution in [2.75, 3.05) is 0 Å². The van der Waals surface area contributed by atoms with Gasteiger partial charge in [0, 0.05) is 11.4 Å². The second-order valence-electron chi connectivity index (χ2n) is 4.45. The van der Waals surface area contributed by atoms with Gasteiger partial charge in [-0.25, -0.2) is 17.5 Å². The smallest absolute Gasteiger partial charge is 0.208 e. The lowest BCUT2D eigenvalue weighted by molar-refractivity contribution is 0.544. The number of hydrogen-bond donors (Lipinski definition) is 1. The summed E-state index contributed by atoms with van der Waals surface area (Å²) < 4.78 is 39.6. The third-order valence-electron chi connectivity index (χ3n) is 2.46. The van der Waals surface area contributed by atoms with Crippen LogP contribution in [0.5, 0.6) is 0 Å². The first kappa shape index (κ1) is 15.4. The zero-order chi connectivity index (χ0) is 13.9. The average molecular weight is 294 g/mol. The van der Waals surface area contributed by atoms with Gasteiger partial charge in [-0.1, -0.05) is 0 Å². The van der Waals surface area contributed by atoms with Crippen molar-refractivity contribution < 1.29 is 12.8 Å². The van der Waals surface area contributed by atoms with Crippen molar-refractivity contribution >= 4 is 21.6 Å². The predicted molar refractivity (Wildman–Crippen MR) is 70.9 cm³/mol. The van der Waals surface area contributed by atoms with Gasteiger partial charge in [0.1, 0.15) is 5.82 Å². The summed E-state index contributed by atoms with van der Waals surface area (Å²) in [5.74, 6) is -0.450. The molecule has 1 aromatic rings. The van der Waals surface area contributed by atoms with Gasteiger partial charge in [0.05, 0.1) is 4.90 Å². The van der Waals surface area contributed by atoms with Crippen LogP contribution in [0.4, 0.5) is 4.39 Å². The van der Waals surface area contributed by atoms with E-state index in [1.807, 2.05) is 0 Å². The molecule has 2 atom stereocenters. The molecule has 0 aliphatic heterocycles. The van der Waals surface area contributed by atoms with Gasteiger partial charge in [-0.05, 0) is 51.0 Å². The Bertz CT molecular complexity index is 517. The highest BCUT2D eigenvalue weighted by Gasteiger charge is 2.20. The van der Waals surface area contributed by atoms with Gasteiger partial charge in [-0.3, -0.25) is 0 Å². The van der Waals surface area contributed by atoms with E-state index < -0.39 is 15.8 Å². The fourth-order valence-electron chi connectivity index (χ4n) is 1.78. The molecule has 0 bridgehead atoms. The standard InChI is InChI=1S/C12H17ClFNO2S/c1-8-6-11(14)4-5-12(8)18(16,17)15-10(3)7-9(2)13/h4-6,9-10,15H,7H2,1-3H3. The highest BCUT2D eigenvalue weighted by atomic mass is 35.5. The summed E-state index contributed by atoms with van der Waals surface area (Å²) >= 11 is 5.82. The number of rotatable bonds is 5. The van der Waals surface area contributed by atoms with Gasteiger partial charge in [-0.2, -0.15) is 0 Å². The second kappa shape index (κ2) is 5.99. The van der Waals surface area contributed by atoms with E-state index in [1.165, 1.54) is 12.1 Å². The van der Waals surface area contributed by atoms with Crippen LogP contribution in [-0.2, 0) is 10.0 Å². The fraction of sp³-hybridized carbons (Fsp3) is 0.500. The Morgan fingerprint density at radius 1 is 1.39 bits per heavy atom. The number of sulfonamides is 1. The molecule has 0 radical (unpaired) electrons. The van der Waals surface area contributed by atoms with E-state index in [9.17, 15) is 12.8 Å². The maximum absolute atomic E-state index is 12.9. The van der Waals surface area contributed by atoms with Crippen LogP contribution < -0.4 is 4.72 Å². The Balaban J connectivity index is 2.93. The second-order valence-corrected chi connectivity index (χ2v) is 6.88. The number of halogens is 2. The van der Waals surface area contributed by atoms with Crippen LogP contribution in [0.15, 0.2) is 23.1 Å². The molecule has 0 fully saturated rings. The molecule has 102 valence electrons. The van der Waals surface area contributed by atoms with Crippen molar-refractivity contribution in [1.82, 2.24) is 4.72 Å². The minimum absolute atomic E-state index is 0.0953. The molecule has 0 aliphatic carbocycles. The van der Waals surface area contributed by atoms with Gasteiger partial charge in [-0.15, -0.1) is 11.6 Å². The summed E-state index contributed by atoms with van der Waals surface area (Å²) in [6.07, 6.45) is 0.529. The largest absolute Gasteiger partial charge is 0.241 e. The van der Waals surface area contributed by atoms with E-state index in [4.69, 9.17) is 11.6 Å². The van der Waals surface area contributed by atoms with E-state index in [1.54, 1.807) is 20.8 Å². The summed E-state index contributed by atoms with van der Waals surface area (Å²) in [5, 5.41) is -0.114. The van der Waals surface area contributed by atoms with Crippen LogP contribution in [0.2, 0.25) is 0 Å². The zero-order valence-electron chi connectivity index (χ0n) is 10.6. The molecule has 0 saturated carbocycles. The third kappa shape index (κ3) is 4.23. The molecule has 1 rings (SSSR count). The normalized spacial score (nSPS) is 15.4. The summed E-state index contributed by atoms with van der Waals surface area (Å²) in [4.78, 5) is 0.0953. The zero-order valence-corrected chi connectivity index (χ0v) is 12.1. The maximum Gasteiger partial charge on any atom is 0.241 e. The topological polar surface area (TPSA) is 46.2 Å². The third-order valence-corrected chi connectivity index (χ3v) is 4.39. The van der Waals surface area contributed by atoms with Gasteiger partial charge in [0.25, 0.3) is 0 Å². The van der Waals surface area contributed by atoms with Crippen molar-refractivity contribution in [2.24, 2.45) is 0 Å². The quantitative estimate of drug-likeness (QED) is 0.849. The van der Waals surface area contributed by atoms with Crippen LogP contribution >= 0.6 is 11.6 Å². The summed E-state index contributed by atoms with van der Waals surface area (Å²) in [5.41, 5.74) is 0.383. The first-order chi connectivity index (χ1) is 8.22. The fourth-order valence-corrected chi connectivity index (χ4v) is 3.53. The Morgan fingerprint density at radius 3 is 2.50 bits per heavy atom. The molecule has 0 saturated heterocycles. The first-order valence-electron chi connectivity index (χ1n) is 5.65. The Kier molecular flexibility index (Phi) is 5.13. The van der Waals surface area contributed by atoms with E-state index >= 15 is 0 Å². The Labute approximate surface area is 112 Å². The molecule has 0 aromatic heterocycles. The molecule has 0 heterocycles. The molecule has 1 N–H and O–H groups in total. The van der Waals surface area contributed by atoms with Crippen molar-refractivity contribution in [1.29, 1.82) is 0 Å². The number of aryl methyl sites for hydroxylation is 1. The molecule has 6 heteroatoms. The van der Waals surface area contributed by atoms with E-state index in [0.717, 1.165) is 6.07 Å². The highest BCUT2D eigenvalue weighted by Crippen LogP contribution is 2.17. The molecule has 18 heavy (non-hydrogen) atoms. The molecule has 1 aromatic carbocycles. The van der Waals surface area contributed by atoms with E-state index in [2.05, 4.69) is 4.72 Å². The number of hydrogen-bond acceptors (Lipinski definition) is 2. The maximum atomic E-state index is 12.9. The van der Waals surface area contributed by atoms with Crippen LogP contribution in [-0.4, -0.2) is 19.8 Å². The molecular formula is C12H17ClFNO2S.